The van der Waals surface area contributed by atoms with Crippen molar-refractivity contribution in [2.45, 2.75) is 55.2 Å². The summed E-state index contributed by atoms with van der Waals surface area (Å²) in [4.78, 5) is 4.60. The van der Waals surface area contributed by atoms with Crippen molar-refractivity contribution in [3.05, 3.63) is 23.9 Å². The molecule has 1 aromatic rings. The largest absolute Gasteiger partial charge is 0.250 e. The standard InChI is InChI=1S/C15H23NS2/c1-15(9-5-10-15)18-14-8-7-13(12-16-14)6-3-4-11-17-2/h7-8,12H,3-6,9-11H2,1-2H3. The van der Waals surface area contributed by atoms with Gasteiger partial charge >= 0.3 is 0 Å². The van der Waals surface area contributed by atoms with Gasteiger partial charge in [-0.25, -0.2) is 4.98 Å². The van der Waals surface area contributed by atoms with Crippen molar-refractivity contribution in [3.63, 3.8) is 0 Å². The average molecular weight is 281 g/mol. The molecule has 1 aliphatic rings. The van der Waals surface area contributed by atoms with Crippen molar-refractivity contribution < 1.29 is 0 Å². The monoisotopic (exact) mass is 281 g/mol. The van der Waals surface area contributed by atoms with E-state index in [1.54, 1.807) is 0 Å². The van der Waals surface area contributed by atoms with Crippen molar-refractivity contribution in [1.29, 1.82) is 0 Å². The Morgan fingerprint density at radius 2 is 2.11 bits per heavy atom. The Balaban J connectivity index is 1.78. The number of thioether (sulfide) groups is 2. The molecule has 100 valence electrons. The lowest BCUT2D eigenvalue weighted by molar-refractivity contribution is 0.392. The Kier molecular flexibility index (Phi) is 5.43. The van der Waals surface area contributed by atoms with Gasteiger partial charge in [0.25, 0.3) is 0 Å². The number of unbranched alkanes of at least 4 members (excludes halogenated alkanes) is 1. The summed E-state index contributed by atoms with van der Waals surface area (Å²) in [6.07, 6.45) is 12.1. The molecule has 0 atom stereocenters. The summed E-state index contributed by atoms with van der Waals surface area (Å²) < 4.78 is 0.465. The van der Waals surface area contributed by atoms with E-state index in [0.29, 0.717) is 4.75 Å². The van der Waals surface area contributed by atoms with E-state index < -0.39 is 0 Å². The summed E-state index contributed by atoms with van der Waals surface area (Å²) in [5, 5.41) is 1.20. The van der Waals surface area contributed by atoms with Gasteiger partial charge in [0, 0.05) is 10.9 Å². The fraction of sp³-hybridized carbons (Fsp3) is 0.667. The number of hydrogen-bond donors (Lipinski definition) is 0. The number of rotatable bonds is 7. The molecule has 3 heteroatoms. The molecule has 1 nitrogen and oxygen atoms in total. The van der Waals surface area contributed by atoms with Gasteiger partial charge in [-0.2, -0.15) is 11.8 Å². The molecule has 1 aromatic heterocycles. The van der Waals surface area contributed by atoms with Crippen LogP contribution in [0.2, 0.25) is 0 Å². The summed E-state index contributed by atoms with van der Waals surface area (Å²) in [7, 11) is 0. The number of hydrogen-bond acceptors (Lipinski definition) is 3. The van der Waals surface area contributed by atoms with Gasteiger partial charge in [0.05, 0.1) is 5.03 Å². The van der Waals surface area contributed by atoms with Crippen LogP contribution in [0.4, 0.5) is 0 Å². The molecule has 0 bridgehead atoms. The van der Waals surface area contributed by atoms with E-state index in [2.05, 4.69) is 36.5 Å². The zero-order valence-electron chi connectivity index (χ0n) is 11.4. The van der Waals surface area contributed by atoms with Crippen LogP contribution in [0.25, 0.3) is 0 Å². The maximum absolute atomic E-state index is 4.60. The summed E-state index contributed by atoms with van der Waals surface area (Å²) in [5.74, 6) is 1.28. The lowest BCUT2D eigenvalue weighted by atomic mass is 9.86. The zero-order valence-corrected chi connectivity index (χ0v) is 13.1. The molecule has 0 saturated heterocycles. The first-order valence-corrected chi connectivity index (χ1v) is 9.06. The maximum atomic E-state index is 4.60. The van der Waals surface area contributed by atoms with Crippen molar-refractivity contribution >= 4 is 23.5 Å². The topological polar surface area (TPSA) is 12.9 Å². The molecule has 0 radical (unpaired) electrons. The maximum Gasteiger partial charge on any atom is 0.0965 e. The highest BCUT2D eigenvalue weighted by molar-refractivity contribution is 8.00. The van der Waals surface area contributed by atoms with Gasteiger partial charge in [-0.05, 0) is 55.7 Å². The number of aromatic nitrogens is 1. The van der Waals surface area contributed by atoms with Crippen LogP contribution in [0.1, 0.15) is 44.6 Å². The second-order valence-electron chi connectivity index (χ2n) is 5.36. The van der Waals surface area contributed by atoms with Gasteiger partial charge in [0.2, 0.25) is 0 Å². The third kappa shape index (κ3) is 4.20. The first kappa shape index (κ1) is 14.3. The second kappa shape index (κ2) is 6.85. The zero-order chi connectivity index (χ0) is 12.8. The molecule has 0 aliphatic heterocycles. The Labute approximate surface area is 120 Å². The van der Waals surface area contributed by atoms with Gasteiger partial charge in [-0.3, -0.25) is 0 Å². The number of aryl methyl sites for hydroxylation is 1. The van der Waals surface area contributed by atoms with Crippen LogP contribution in [-0.4, -0.2) is 21.7 Å². The van der Waals surface area contributed by atoms with Crippen LogP contribution in [0.3, 0.4) is 0 Å². The summed E-state index contributed by atoms with van der Waals surface area (Å²) in [6.45, 7) is 2.36. The Hall–Kier alpha value is -0.150. The van der Waals surface area contributed by atoms with Crippen LogP contribution in [0.5, 0.6) is 0 Å². The van der Waals surface area contributed by atoms with Gasteiger partial charge in [-0.1, -0.05) is 31.2 Å². The van der Waals surface area contributed by atoms with Crippen molar-refractivity contribution in [3.8, 4) is 0 Å². The molecule has 18 heavy (non-hydrogen) atoms. The van der Waals surface area contributed by atoms with Crippen LogP contribution in [0.15, 0.2) is 23.4 Å². The molecule has 0 spiro atoms. The molecule has 0 aromatic carbocycles. The van der Waals surface area contributed by atoms with E-state index in [0.717, 1.165) is 0 Å². The third-order valence-corrected chi connectivity index (χ3v) is 5.67. The second-order valence-corrected chi connectivity index (χ2v) is 7.95. The highest BCUT2D eigenvalue weighted by atomic mass is 32.2. The molecule has 0 N–H and O–H groups in total. The van der Waals surface area contributed by atoms with E-state index in [4.69, 9.17) is 0 Å². The molecule has 0 unspecified atom stereocenters. The highest BCUT2D eigenvalue weighted by Crippen LogP contribution is 2.46. The molecular weight excluding hydrogens is 258 g/mol. The first-order valence-electron chi connectivity index (χ1n) is 6.85. The summed E-state index contributed by atoms with van der Waals surface area (Å²) >= 11 is 3.89. The molecule has 1 saturated carbocycles. The molecular formula is C15H23NS2. The minimum absolute atomic E-state index is 0.465. The third-order valence-electron chi connectivity index (χ3n) is 3.62. The predicted molar refractivity (Wildman–Crippen MR) is 83.7 cm³/mol. The molecule has 2 rings (SSSR count). The smallest absolute Gasteiger partial charge is 0.0965 e. The quantitative estimate of drug-likeness (QED) is 0.666. The van der Waals surface area contributed by atoms with Crippen LogP contribution < -0.4 is 0 Å². The van der Waals surface area contributed by atoms with Crippen LogP contribution >= 0.6 is 23.5 Å². The number of pyridine rings is 1. The van der Waals surface area contributed by atoms with Crippen molar-refractivity contribution in [2.24, 2.45) is 0 Å². The van der Waals surface area contributed by atoms with E-state index in [-0.39, 0.29) is 0 Å². The molecule has 0 amide bonds. The Morgan fingerprint density at radius 1 is 1.28 bits per heavy atom. The van der Waals surface area contributed by atoms with E-state index in [1.165, 1.54) is 54.9 Å². The summed E-state index contributed by atoms with van der Waals surface area (Å²) in [5.41, 5.74) is 1.39. The van der Waals surface area contributed by atoms with Gasteiger partial charge < -0.3 is 0 Å². The van der Waals surface area contributed by atoms with Crippen molar-refractivity contribution in [2.75, 3.05) is 12.0 Å². The van der Waals surface area contributed by atoms with Gasteiger partial charge in [0.1, 0.15) is 0 Å². The normalized spacial score (nSPS) is 17.4. The molecule has 1 heterocycles. The van der Waals surface area contributed by atoms with Crippen molar-refractivity contribution in [1.82, 2.24) is 4.98 Å². The Bertz CT molecular complexity index is 357. The summed E-state index contributed by atoms with van der Waals surface area (Å²) in [6, 6.07) is 4.47. The highest BCUT2D eigenvalue weighted by Gasteiger charge is 2.33. The fourth-order valence-electron chi connectivity index (χ4n) is 2.22. The minimum Gasteiger partial charge on any atom is -0.250 e. The van der Waals surface area contributed by atoms with Gasteiger partial charge in [-0.15, -0.1) is 0 Å². The number of nitrogens with zero attached hydrogens (tertiary/aromatic N) is 1. The van der Waals surface area contributed by atoms with E-state index >= 15 is 0 Å². The SMILES string of the molecule is CSCCCCc1ccc(SC2(C)CCC2)nc1. The van der Waals surface area contributed by atoms with Gasteiger partial charge in [0.15, 0.2) is 0 Å². The fourth-order valence-corrected chi connectivity index (χ4v) is 3.96. The van der Waals surface area contributed by atoms with E-state index in [1.807, 2.05) is 23.5 Å². The van der Waals surface area contributed by atoms with E-state index in [9.17, 15) is 0 Å². The van der Waals surface area contributed by atoms with Crippen LogP contribution in [0, 0.1) is 0 Å². The lowest BCUT2D eigenvalue weighted by Gasteiger charge is -2.37. The molecule has 1 fully saturated rings. The molecule has 1 aliphatic carbocycles. The Morgan fingerprint density at radius 3 is 2.67 bits per heavy atom. The predicted octanol–water partition coefficient (Wildman–Crippen LogP) is 4.80. The minimum atomic E-state index is 0.465. The average Bonchev–Trinajstić information content (AvgIpc) is 2.35. The van der Waals surface area contributed by atoms with Crippen LogP contribution in [-0.2, 0) is 6.42 Å². The first-order chi connectivity index (χ1) is 8.72. The lowest BCUT2D eigenvalue weighted by Crippen LogP contribution is -2.28.